The minimum absolute atomic E-state index is 0.00852. The average Bonchev–Trinajstić information content (AvgIpc) is 3.28. The molecule has 0 bridgehead atoms. The highest BCUT2D eigenvalue weighted by atomic mass is 19.1. The summed E-state index contributed by atoms with van der Waals surface area (Å²) in [6.45, 7) is 6.49. The van der Waals surface area contributed by atoms with Crippen molar-refractivity contribution in [2.24, 2.45) is 11.3 Å². The van der Waals surface area contributed by atoms with Crippen molar-refractivity contribution in [1.82, 2.24) is 15.0 Å². The molecular formula is C20H24FN3O3. The number of amides is 1. The molecule has 3 heterocycles. The van der Waals surface area contributed by atoms with Crippen LogP contribution in [0.3, 0.4) is 0 Å². The van der Waals surface area contributed by atoms with Crippen LogP contribution >= 0.6 is 0 Å². The molecule has 6 nitrogen and oxygen atoms in total. The van der Waals surface area contributed by atoms with Crippen molar-refractivity contribution in [3.05, 3.63) is 36.0 Å². The standard InChI is InChI=1S/C20H24FN3O3/c1-13(2)19(25)24-11-16(20(12-24)7-9-26-10-8-20)18-22-17(23-27-18)14-3-5-15(21)6-4-14/h3-6,13,16H,7-12H2,1-2H3. The van der Waals surface area contributed by atoms with Crippen LogP contribution in [0.25, 0.3) is 11.4 Å². The summed E-state index contributed by atoms with van der Waals surface area (Å²) in [6.07, 6.45) is 1.74. The summed E-state index contributed by atoms with van der Waals surface area (Å²) < 4.78 is 24.3. The highest BCUT2D eigenvalue weighted by Crippen LogP contribution is 2.49. The molecule has 1 amide bonds. The maximum atomic E-state index is 13.2. The number of ether oxygens (including phenoxy) is 1. The van der Waals surface area contributed by atoms with Gasteiger partial charge in [-0.05, 0) is 37.1 Å². The van der Waals surface area contributed by atoms with Crippen LogP contribution in [-0.4, -0.2) is 47.3 Å². The molecule has 2 aliphatic heterocycles. The van der Waals surface area contributed by atoms with Gasteiger partial charge in [-0.25, -0.2) is 4.39 Å². The molecule has 7 heteroatoms. The molecule has 0 N–H and O–H groups in total. The molecule has 0 saturated carbocycles. The second-order valence-electron chi connectivity index (χ2n) is 7.86. The summed E-state index contributed by atoms with van der Waals surface area (Å²) in [5.41, 5.74) is 0.621. The zero-order chi connectivity index (χ0) is 19.0. The summed E-state index contributed by atoms with van der Waals surface area (Å²) in [7, 11) is 0. The van der Waals surface area contributed by atoms with Crippen LogP contribution in [0.4, 0.5) is 4.39 Å². The molecule has 2 aliphatic rings. The number of likely N-dealkylation sites (tertiary alicyclic amines) is 1. The number of aromatic nitrogens is 2. The first-order valence-corrected chi connectivity index (χ1v) is 9.45. The van der Waals surface area contributed by atoms with E-state index in [0.29, 0.717) is 43.6 Å². The zero-order valence-electron chi connectivity index (χ0n) is 15.7. The number of hydrogen-bond donors (Lipinski definition) is 0. The van der Waals surface area contributed by atoms with Gasteiger partial charge < -0.3 is 14.2 Å². The van der Waals surface area contributed by atoms with E-state index < -0.39 is 0 Å². The smallest absolute Gasteiger partial charge is 0.232 e. The van der Waals surface area contributed by atoms with Crippen molar-refractivity contribution >= 4 is 5.91 Å². The first-order valence-electron chi connectivity index (χ1n) is 9.45. The van der Waals surface area contributed by atoms with Crippen LogP contribution < -0.4 is 0 Å². The number of benzene rings is 1. The van der Waals surface area contributed by atoms with Crippen LogP contribution in [0.1, 0.15) is 38.5 Å². The highest BCUT2D eigenvalue weighted by molar-refractivity contribution is 5.78. The Bertz CT molecular complexity index is 812. The van der Waals surface area contributed by atoms with E-state index in [1.807, 2.05) is 18.7 Å². The lowest BCUT2D eigenvalue weighted by atomic mass is 9.72. The van der Waals surface area contributed by atoms with Crippen molar-refractivity contribution in [2.75, 3.05) is 26.3 Å². The van der Waals surface area contributed by atoms with E-state index in [0.717, 1.165) is 12.8 Å². The third-order valence-electron chi connectivity index (χ3n) is 5.78. The average molecular weight is 373 g/mol. The number of carbonyl (C=O) groups excluding carboxylic acids is 1. The van der Waals surface area contributed by atoms with Crippen molar-refractivity contribution in [3.8, 4) is 11.4 Å². The van der Waals surface area contributed by atoms with Gasteiger partial charge in [-0.15, -0.1) is 0 Å². The Kier molecular flexibility index (Phi) is 4.72. The second-order valence-corrected chi connectivity index (χ2v) is 7.86. The summed E-state index contributed by atoms with van der Waals surface area (Å²) in [6, 6.07) is 6.03. The van der Waals surface area contributed by atoms with Gasteiger partial charge in [0.1, 0.15) is 5.82 Å². The third kappa shape index (κ3) is 3.36. The number of halogens is 1. The monoisotopic (exact) mass is 373 g/mol. The summed E-state index contributed by atoms with van der Waals surface area (Å²) in [4.78, 5) is 19.1. The minimum Gasteiger partial charge on any atom is -0.381 e. The summed E-state index contributed by atoms with van der Waals surface area (Å²) in [5.74, 6) is 0.795. The Balaban J connectivity index is 1.64. The molecule has 0 aliphatic carbocycles. The van der Waals surface area contributed by atoms with Crippen LogP contribution in [0.5, 0.6) is 0 Å². The predicted molar refractivity (Wildman–Crippen MR) is 96.3 cm³/mol. The van der Waals surface area contributed by atoms with Gasteiger partial charge in [0.15, 0.2) is 0 Å². The maximum Gasteiger partial charge on any atom is 0.232 e. The van der Waals surface area contributed by atoms with Gasteiger partial charge in [0.05, 0.1) is 5.92 Å². The predicted octanol–water partition coefficient (Wildman–Crippen LogP) is 3.25. The molecule has 27 heavy (non-hydrogen) atoms. The first-order chi connectivity index (χ1) is 13.0. The summed E-state index contributed by atoms with van der Waals surface area (Å²) in [5, 5.41) is 4.10. The molecule has 2 saturated heterocycles. The van der Waals surface area contributed by atoms with E-state index in [1.165, 1.54) is 12.1 Å². The first kappa shape index (κ1) is 18.1. The van der Waals surface area contributed by atoms with Gasteiger partial charge in [-0.1, -0.05) is 19.0 Å². The van der Waals surface area contributed by atoms with Gasteiger partial charge >= 0.3 is 0 Å². The van der Waals surface area contributed by atoms with Crippen LogP contribution in [0.15, 0.2) is 28.8 Å². The van der Waals surface area contributed by atoms with Gasteiger partial charge in [0, 0.05) is 43.2 Å². The zero-order valence-corrected chi connectivity index (χ0v) is 15.7. The topological polar surface area (TPSA) is 68.5 Å². The summed E-state index contributed by atoms with van der Waals surface area (Å²) >= 11 is 0. The highest BCUT2D eigenvalue weighted by Gasteiger charge is 2.51. The molecule has 1 atom stereocenters. The van der Waals surface area contributed by atoms with Crippen molar-refractivity contribution in [1.29, 1.82) is 0 Å². The van der Waals surface area contributed by atoms with Crippen LogP contribution in [-0.2, 0) is 9.53 Å². The largest absolute Gasteiger partial charge is 0.381 e. The fourth-order valence-electron chi connectivity index (χ4n) is 4.22. The quantitative estimate of drug-likeness (QED) is 0.826. The number of carbonyl (C=O) groups is 1. The number of hydrogen-bond acceptors (Lipinski definition) is 5. The molecule has 144 valence electrons. The second kappa shape index (κ2) is 7.03. The van der Waals surface area contributed by atoms with Gasteiger partial charge in [-0.2, -0.15) is 4.98 Å². The molecule has 1 aromatic carbocycles. The lowest BCUT2D eigenvalue weighted by Crippen LogP contribution is -2.38. The lowest BCUT2D eigenvalue weighted by molar-refractivity contribution is -0.134. The Morgan fingerprint density at radius 1 is 1.26 bits per heavy atom. The van der Waals surface area contributed by atoms with Crippen molar-refractivity contribution in [2.45, 2.75) is 32.6 Å². The fraction of sp³-hybridized carbons (Fsp3) is 0.550. The van der Waals surface area contributed by atoms with E-state index in [1.54, 1.807) is 12.1 Å². The Morgan fingerprint density at radius 3 is 2.63 bits per heavy atom. The van der Waals surface area contributed by atoms with E-state index in [4.69, 9.17) is 9.26 Å². The van der Waals surface area contributed by atoms with E-state index in [-0.39, 0.29) is 29.0 Å². The van der Waals surface area contributed by atoms with Crippen molar-refractivity contribution in [3.63, 3.8) is 0 Å². The minimum atomic E-state index is -0.303. The van der Waals surface area contributed by atoms with E-state index in [2.05, 4.69) is 10.1 Å². The van der Waals surface area contributed by atoms with E-state index in [9.17, 15) is 9.18 Å². The SMILES string of the molecule is CC(C)C(=O)N1CC(c2nc(-c3ccc(F)cc3)no2)C2(CCOCC2)C1. The number of rotatable bonds is 3. The number of nitrogens with zero attached hydrogens (tertiary/aromatic N) is 3. The molecule has 1 unspecified atom stereocenters. The van der Waals surface area contributed by atoms with Crippen LogP contribution in [0, 0.1) is 17.2 Å². The molecule has 2 aromatic rings. The van der Waals surface area contributed by atoms with Crippen molar-refractivity contribution < 1.29 is 18.4 Å². The van der Waals surface area contributed by atoms with Gasteiger partial charge in [-0.3, -0.25) is 4.79 Å². The maximum absolute atomic E-state index is 13.2. The molecular weight excluding hydrogens is 349 g/mol. The molecule has 2 fully saturated rings. The Labute approximate surface area is 157 Å². The third-order valence-corrected chi connectivity index (χ3v) is 5.78. The molecule has 0 radical (unpaired) electrons. The van der Waals surface area contributed by atoms with Crippen LogP contribution in [0.2, 0.25) is 0 Å². The molecule has 1 aromatic heterocycles. The Hall–Kier alpha value is -2.28. The molecule has 4 rings (SSSR count). The fourth-order valence-corrected chi connectivity index (χ4v) is 4.22. The molecule has 1 spiro atoms. The normalized spacial score (nSPS) is 21.9. The Morgan fingerprint density at radius 2 is 1.96 bits per heavy atom. The van der Waals surface area contributed by atoms with E-state index >= 15 is 0 Å². The lowest BCUT2D eigenvalue weighted by Gasteiger charge is -2.36. The van der Waals surface area contributed by atoms with Gasteiger partial charge in [0.25, 0.3) is 0 Å². The van der Waals surface area contributed by atoms with Gasteiger partial charge in [0.2, 0.25) is 17.6 Å².